The second-order valence-corrected chi connectivity index (χ2v) is 3.39. The highest BCUT2D eigenvalue weighted by molar-refractivity contribution is 5.99. The van der Waals surface area contributed by atoms with Crippen molar-refractivity contribution in [2.75, 3.05) is 0 Å². The maximum Gasteiger partial charge on any atom is 0.259 e. The van der Waals surface area contributed by atoms with E-state index in [1.807, 2.05) is 0 Å². The molecule has 17 heavy (non-hydrogen) atoms. The number of rotatable bonds is 3. The Labute approximate surface area is 96.9 Å². The van der Waals surface area contributed by atoms with E-state index in [4.69, 9.17) is 0 Å². The number of aromatic amines is 1. The fourth-order valence-corrected chi connectivity index (χ4v) is 1.41. The molecule has 0 radical (unpaired) electrons. The van der Waals surface area contributed by atoms with E-state index in [9.17, 15) is 15.0 Å². The predicted octanol–water partition coefficient (Wildman–Crippen LogP) is 0.751. The van der Waals surface area contributed by atoms with E-state index >= 15 is 0 Å². The summed E-state index contributed by atoms with van der Waals surface area (Å²) >= 11 is 0. The molecule has 0 aliphatic heterocycles. The van der Waals surface area contributed by atoms with Crippen molar-refractivity contribution in [1.82, 2.24) is 15.3 Å². The van der Waals surface area contributed by atoms with Gasteiger partial charge in [-0.15, -0.1) is 0 Å². The van der Waals surface area contributed by atoms with Crippen molar-refractivity contribution in [3.8, 4) is 11.5 Å². The van der Waals surface area contributed by atoms with Crippen molar-refractivity contribution in [2.45, 2.75) is 6.54 Å². The van der Waals surface area contributed by atoms with E-state index in [1.165, 1.54) is 18.2 Å². The van der Waals surface area contributed by atoms with Gasteiger partial charge in [0.1, 0.15) is 22.9 Å². The third kappa shape index (κ3) is 2.36. The van der Waals surface area contributed by atoms with Gasteiger partial charge in [-0.05, 0) is 12.1 Å². The van der Waals surface area contributed by atoms with Crippen LogP contribution < -0.4 is 5.32 Å². The van der Waals surface area contributed by atoms with E-state index in [2.05, 4.69) is 15.3 Å². The highest BCUT2D eigenvalue weighted by Crippen LogP contribution is 2.25. The minimum atomic E-state index is -0.558. The lowest BCUT2D eigenvalue weighted by atomic mass is 10.1. The SMILES string of the molecule is O=C(NCc1ncc[nH]1)c1c(O)cccc1O. The van der Waals surface area contributed by atoms with Crippen LogP contribution in [0, 0.1) is 0 Å². The number of benzene rings is 1. The number of phenolic OH excluding ortho intramolecular Hbond substituents is 2. The van der Waals surface area contributed by atoms with Gasteiger partial charge in [-0.2, -0.15) is 0 Å². The molecule has 6 nitrogen and oxygen atoms in total. The molecular weight excluding hydrogens is 222 g/mol. The zero-order valence-corrected chi connectivity index (χ0v) is 8.84. The topological polar surface area (TPSA) is 98.2 Å². The summed E-state index contributed by atoms with van der Waals surface area (Å²) in [6, 6.07) is 4.12. The second-order valence-electron chi connectivity index (χ2n) is 3.39. The van der Waals surface area contributed by atoms with E-state index < -0.39 is 5.91 Å². The normalized spacial score (nSPS) is 10.1. The van der Waals surface area contributed by atoms with Gasteiger partial charge in [-0.1, -0.05) is 6.07 Å². The van der Waals surface area contributed by atoms with Gasteiger partial charge in [0.2, 0.25) is 0 Å². The minimum absolute atomic E-state index is 0.140. The monoisotopic (exact) mass is 233 g/mol. The number of nitrogens with one attached hydrogen (secondary N) is 2. The Balaban J connectivity index is 2.10. The summed E-state index contributed by atoms with van der Waals surface area (Å²) in [5.41, 5.74) is -0.140. The number of nitrogens with zero attached hydrogens (tertiary/aromatic N) is 1. The highest BCUT2D eigenvalue weighted by atomic mass is 16.3. The fraction of sp³-hybridized carbons (Fsp3) is 0.0909. The van der Waals surface area contributed by atoms with Gasteiger partial charge in [0, 0.05) is 12.4 Å². The number of carbonyl (C=O) groups excluding carboxylic acids is 1. The van der Waals surface area contributed by atoms with E-state index in [0.29, 0.717) is 5.82 Å². The van der Waals surface area contributed by atoms with Crippen LogP contribution in [0.5, 0.6) is 11.5 Å². The number of carbonyl (C=O) groups is 1. The van der Waals surface area contributed by atoms with Crippen LogP contribution in [0.3, 0.4) is 0 Å². The van der Waals surface area contributed by atoms with Crippen molar-refractivity contribution in [2.24, 2.45) is 0 Å². The number of amides is 1. The Morgan fingerprint density at radius 2 is 2.06 bits per heavy atom. The first-order valence-electron chi connectivity index (χ1n) is 4.96. The van der Waals surface area contributed by atoms with Gasteiger partial charge in [0.05, 0.1) is 6.54 Å². The molecule has 88 valence electrons. The van der Waals surface area contributed by atoms with Gasteiger partial charge < -0.3 is 20.5 Å². The molecule has 1 heterocycles. The molecule has 0 aliphatic carbocycles. The first-order chi connectivity index (χ1) is 8.18. The maximum atomic E-state index is 11.7. The Kier molecular flexibility index (Phi) is 2.95. The zero-order valence-electron chi connectivity index (χ0n) is 8.84. The second kappa shape index (κ2) is 4.56. The lowest BCUT2D eigenvalue weighted by Gasteiger charge is -2.07. The number of phenols is 2. The molecule has 0 saturated heterocycles. The van der Waals surface area contributed by atoms with Crippen LogP contribution in [0.2, 0.25) is 0 Å². The molecule has 2 rings (SSSR count). The first kappa shape index (κ1) is 11.0. The van der Waals surface area contributed by atoms with Crippen LogP contribution in [0.1, 0.15) is 16.2 Å². The molecule has 0 spiro atoms. The molecular formula is C11H11N3O3. The largest absolute Gasteiger partial charge is 0.507 e. The van der Waals surface area contributed by atoms with Crippen LogP contribution in [0.25, 0.3) is 0 Å². The van der Waals surface area contributed by atoms with Crippen molar-refractivity contribution >= 4 is 5.91 Å². The lowest BCUT2D eigenvalue weighted by Crippen LogP contribution is -2.23. The molecule has 0 aliphatic rings. The molecule has 0 bridgehead atoms. The van der Waals surface area contributed by atoms with Crippen LogP contribution in [0.15, 0.2) is 30.6 Å². The summed E-state index contributed by atoms with van der Waals surface area (Å²) in [7, 11) is 0. The summed E-state index contributed by atoms with van der Waals surface area (Å²) in [6.07, 6.45) is 3.21. The maximum absolute atomic E-state index is 11.7. The molecule has 2 aromatic rings. The van der Waals surface area contributed by atoms with Gasteiger partial charge in [0.25, 0.3) is 5.91 Å². The van der Waals surface area contributed by atoms with Crippen LogP contribution in [-0.2, 0) is 6.54 Å². The third-order valence-corrected chi connectivity index (χ3v) is 2.22. The van der Waals surface area contributed by atoms with E-state index in [1.54, 1.807) is 12.4 Å². The van der Waals surface area contributed by atoms with Gasteiger partial charge in [0.15, 0.2) is 0 Å². The number of H-pyrrole nitrogens is 1. The fourth-order valence-electron chi connectivity index (χ4n) is 1.41. The summed E-state index contributed by atoms with van der Waals surface area (Å²) < 4.78 is 0. The molecule has 0 unspecified atom stereocenters. The number of aromatic hydroxyl groups is 2. The van der Waals surface area contributed by atoms with Crippen molar-refractivity contribution in [3.05, 3.63) is 42.0 Å². The van der Waals surface area contributed by atoms with Crippen molar-refractivity contribution in [3.63, 3.8) is 0 Å². The van der Waals surface area contributed by atoms with Gasteiger partial charge in [-0.3, -0.25) is 4.79 Å². The first-order valence-corrected chi connectivity index (χ1v) is 4.96. The average molecular weight is 233 g/mol. The smallest absolute Gasteiger partial charge is 0.259 e. The molecule has 0 fully saturated rings. The number of aromatic nitrogens is 2. The summed E-state index contributed by atoms with van der Waals surface area (Å²) in [5.74, 6) is -0.492. The van der Waals surface area contributed by atoms with Gasteiger partial charge in [-0.25, -0.2) is 4.98 Å². The Bertz CT molecular complexity index is 503. The Morgan fingerprint density at radius 3 is 2.65 bits per heavy atom. The van der Waals surface area contributed by atoms with Crippen LogP contribution in [0.4, 0.5) is 0 Å². The third-order valence-electron chi connectivity index (χ3n) is 2.22. The Morgan fingerprint density at radius 1 is 1.35 bits per heavy atom. The molecule has 1 aromatic carbocycles. The number of hydrogen-bond acceptors (Lipinski definition) is 4. The van der Waals surface area contributed by atoms with E-state index in [0.717, 1.165) is 0 Å². The number of imidazole rings is 1. The molecule has 0 atom stereocenters. The molecule has 6 heteroatoms. The predicted molar refractivity (Wildman–Crippen MR) is 59.5 cm³/mol. The van der Waals surface area contributed by atoms with Crippen molar-refractivity contribution in [1.29, 1.82) is 0 Å². The lowest BCUT2D eigenvalue weighted by molar-refractivity contribution is 0.0944. The number of hydrogen-bond donors (Lipinski definition) is 4. The highest BCUT2D eigenvalue weighted by Gasteiger charge is 2.15. The van der Waals surface area contributed by atoms with Gasteiger partial charge >= 0.3 is 0 Å². The molecule has 4 N–H and O–H groups in total. The van der Waals surface area contributed by atoms with Crippen molar-refractivity contribution < 1.29 is 15.0 Å². The average Bonchev–Trinajstić information content (AvgIpc) is 2.79. The van der Waals surface area contributed by atoms with Crippen LogP contribution in [-0.4, -0.2) is 26.1 Å². The minimum Gasteiger partial charge on any atom is -0.507 e. The summed E-state index contributed by atoms with van der Waals surface area (Å²) in [4.78, 5) is 18.5. The standard InChI is InChI=1S/C11H11N3O3/c15-7-2-1-3-8(16)10(7)11(17)14-6-9-12-4-5-13-9/h1-5,15-16H,6H2,(H,12,13)(H,14,17). The molecule has 1 amide bonds. The quantitative estimate of drug-likeness (QED) is 0.628. The van der Waals surface area contributed by atoms with Crippen LogP contribution >= 0.6 is 0 Å². The van der Waals surface area contributed by atoms with E-state index in [-0.39, 0.29) is 23.6 Å². The molecule has 0 saturated carbocycles. The zero-order chi connectivity index (χ0) is 12.3. The summed E-state index contributed by atoms with van der Waals surface area (Å²) in [6.45, 7) is 0.194. The molecule has 1 aromatic heterocycles. The summed E-state index contributed by atoms with van der Waals surface area (Å²) in [5, 5.41) is 21.5. The Hall–Kier alpha value is -2.50.